The molecule has 0 amide bonds. The van der Waals surface area contributed by atoms with Crippen molar-refractivity contribution in [3.05, 3.63) is 72.8 Å². The largest absolute Gasteiger partial charge is 0.507 e. The van der Waals surface area contributed by atoms with E-state index in [1.807, 2.05) is 48.5 Å². The van der Waals surface area contributed by atoms with Crippen molar-refractivity contribution in [1.29, 1.82) is 0 Å². The molecule has 0 aliphatic heterocycles. The minimum absolute atomic E-state index is 0.367. The highest BCUT2D eigenvalue weighted by atomic mass is 35.7. The zero-order valence-corrected chi connectivity index (χ0v) is 16.1. The molecule has 5 nitrogen and oxygen atoms in total. The van der Waals surface area contributed by atoms with Gasteiger partial charge in [-0.05, 0) is 23.6 Å². The molecule has 138 valence electrons. The molecule has 0 saturated carbocycles. The van der Waals surface area contributed by atoms with Crippen LogP contribution in [-0.2, 0) is 0 Å². The number of aromatic hydroxyl groups is 1. The summed E-state index contributed by atoms with van der Waals surface area (Å²) in [6.45, 7) is 0. The SMILES string of the molecule is Oc1c(-c2cc(-c3ccccc3)[s+]s2)ccc2ccccc12.[O-][Cl+3]([O-])([O-])[O-]. The molecule has 0 atom stereocenters. The number of halogens is 1. The van der Waals surface area contributed by atoms with Crippen LogP contribution in [0.25, 0.3) is 31.7 Å². The maximum absolute atomic E-state index is 10.6. The number of hydrogen-bond donors (Lipinski definition) is 1. The lowest BCUT2D eigenvalue weighted by Gasteiger charge is -2.17. The Kier molecular flexibility index (Phi) is 6.03. The molecule has 1 N–H and O–H groups in total. The van der Waals surface area contributed by atoms with Gasteiger partial charge in [-0.3, -0.25) is 0 Å². The van der Waals surface area contributed by atoms with Crippen molar-refractivity contribution in [2.24, 2.45) is 0 Å². The zero-order chi connectivity index (χ0) is 19.4. The average Bonchev–Trinajstić information content (AvgIpc) is 3.11. The van der Waals surface area contributed by atoms with Gasteiger partial charge >= 0.3 is 10.3 Å². The van der Waals surface area contributed by atoms with Gasteiger partial charge in [0, 0.05) is 22.6 Å². The Morgan fingerprint density at radius 3 is 2.15 bits per heavy atom. The van der Waals surface area contributed by atoms with E-state index in [2.05, 4.69) is 24.3 Å². The van der Waals surface area contributed by atoms with E-state index in [1.54, 1.807) is 20.7 Å². The fraction of sp³-hybridized carbons (Fsp3) is 0. The van der Waals surface area contributed by atoms with Gasteiger partial charge in [0.1, 0.15) is 10.6 Å². The first-order valence-corrected chi connectivity index (χ1v) is 11.0. The fourth-order valence-corrected chi connectivity index (χ4v) is 5.03. The van der Waals surface area contributed by atoms with Gasteiger partial charge in [0.25, 0.3) is 4.88 Å². The van der Waals surface area contributed by atoms with Gasteiger partial charge in [0.05, 0.1) is 0 Å². The quantitative estimate of drug-likeness (QED) is 0.390. The van der Waals surface area contributed by atoms with Crippen LogP contribution in [0, 0.1) is 10.2 Å². The number of phenolic OH excluding ortho intramolecular Hbond substituents is 1. The molecule has 0 bridgehead atoms. The summed E-state index contributed by atoms with van der Waals surface area (Å²) in [6.07, 6.45) is 0. The highest BCUT2D eigenvalue weighted by Crippen LogP contribution is 2.42. The number of hydrogen-bond acceptors (Lipinski definition) is 6. The zero-order valence-electron chi connectivity index (χ0n) is 13.7. The monoisotopic (exact) mass is 420 g/mol. The molecule has 0 aliphatic carbocycles. The smallest absolute Gasteiger partial charge is 0.301 e. The second-order valence-electron chi connectivity index (χ2n) is 5.47. The normalized spacial score (nSPS) is 11.1. The summed E-state index contributed by atoms with van der Waals surface area (Å²) < 4.78 is 34.0. The van der Waals surface area contributed by atoms with E-state index in [9.17, 15) is 5.11 Å². The molecule has 4 rings (SSSR count). The van der Waals surface area contributed by atoms with E-state index in [0.29, 0.717) is 5.75 Å². The Balaban J connectivity index is 0.000000376. The lowest BCUT2D eigenvalue weighted by molar-refractivity contribution is -2.00. The molecule has 1 aromatic heterocycles. The van der Waals surface area contributed by atoms with Crippen LogP contribution in [0.1, 0.15) is 0 Å². The predicted octanol–water partition coefficient (Wildman–Crippen LogP) is 1.53. The lowest BCUT2D eigenvalue weighted by atomic mass is 10.0. The maximum atomic E-state index is 10.6. The van der Waals surface area contributed by atoms with E-state index < -0.39 is 10.2 Å². The fourth-order valence-electron chi connectivity index (χ4n) is 2.57. The second-order valence-corrected chi connectivity index (χ2v) is 8.44. The molecule has 0 unspecified atom stereocenters. The third-order valence-electron chi connectivity index (χ3n) is 3.71. The number of rotatable bonds is 2. The van der Waals surface area contributed by atoms with Gasteiger partial charge in [-0.15, -0.1) is 10.2 Å². The number of phenols is 1. The lowest BCUT2D eigenvalue weighted by Crippen LogP contribution is -2.68. The van der Waals surface area contributed by atoms with Crippen molar-refractivity contribution in [1.82, 2.24) is 0 Å². The first kappa shape index (κ1) is 19.7. The Bertz CT molecular complexity index is 1040. The summed E-state index contributed by atoms with van der Waals surface area (Å²) in [5, 5.41) is 12.6. The standard InChI is InChI=1S/C19H12OS2.ClHO4/c20-19-15-9-5-4-6-13(15)10-11-16(19)18-12-17(21-22-18)14-7-2-1-3-8-14;2-1(3,4)5/h1-12H;(H,2,3,4,5). The molecule has 0 aliphatic rings. The molecular formula is C19H13ClO5S2. The predicted molar refractivity (Wildman–Crippen MR) is 96.6 cm³/mol. The highest BCUT2D eigenvalue weighted by Gasteiger charge is 2.19. The van der Waals surface area contributed by atoms with Gasteiger partial charge < -0.3 is 5.11 Å². The van der Waals surface area contributed by atoms with Crippen molar-refractivity contribution in [2.75, 3.05) is 0 Å². The van der Waals surface area contributed by atoms with Crippen LogP contribution >= 0.6 is 20.7 Å². The molecular weight excluding hydrogens is 408 g/mol. The molecule has 1 heterocycles. The minimum Gasteiger partial charge on any atom is -0.507 e. The Hall–Kier alpha value is -2.10. The summed E-state index contributed by atoms with van der Waals surface area (Å²) >= 11 is 0. The van der Waals surface area contributed by atoms with Gasteiger partial charge in [-0.2, -0.15) is 0 Å². The topological polar surface area (TPSA) is 112 Å². The van der Waals surface area contributed by atoms with Gasteiger partial charge in [0.2, 0.25) is 0 Å². The Labute approximate surface area is 164 Å². The Morgan fingerprint density at radius 2 is 1.44 bits per heavy atom. The summed E-state index contributed by atoms with van der Waals surface area (Å²) in [4.78, 5) is 2.33. The second kappa shape index (κ2) is 8.28. The molecule has 0 fully saturated rings. The number of benzene rings is 3. The molecule has 27 heavy (non-hydrogen) atoms. The first-order chi connectivity index (χ1) is 12.8. The van der Waals surface area contributed by atoms with E-state index in [0.717, 1.165) is 21.2 Å². The average molecular weight is 421 g/mol. The van der Waals surface area contributed by atoms with Crippen LogP contribution < -0.4 is 18.6 Å². The molecule has 0 radical (unpaired) electrons. The molecule has 4 aromatic rings. The molecule has 3 aromatic carbocycles. The van der Waals surface area contributed by atoms with E-state index in [1.165, 1.54) is 10.4 Å². The Morgan fingerprint density at radius 1 is 0.815 bits per heavy atom. The van der Waals surface area contributed by atoms with Crippen LogP contribution in [0.2, 0.25) is 0 Å². The third kappa shape index (κ3) is 5.21. The van der Waals surface area contributed by atoms with Crippen LogP contribution in [-0.4, -0.2) is 5.11 Å². The van der Waals surface area contributed by atoms with Crippen LogP contribution in [0.15, 0.2) is 72.8 Å². The highest BCUT2D eigenvalue weighted by molar-refractivity contribution is 7.72. The summed E-state index contributed by atoms with van der Waals surface area (Å²) in [7, 11) is -1.50. The van der Waals surface area contributed by atoms with Crippen molar-refractivity contribution in [3.63, 3.8) is 0 Å². The third-order valence-corrected chi connectivity index (χ3v) is 6.17. The summed E-state index contributed by atoms with van der Waals surface area (Å²) in [6, 6.07) is 24.5. The van der Waals surface area contributed by atoms with Crippen molar-refractivity contribution in [2.45, 2.75) is 0 Å². The molecule has 0 spiro atoms. The van der Waals surface area contributed by atoms with Crippen molar-refractivity contribution < 1.29 is 34.0 Å². The van der Waals surface area contributed by atoms with Crippen molar-refractivity contribution in [3.8, 4) is 26.6 Å². The van der Waals surface area contributed by atoms with E-state index in [4.69, 9.17) is 18.6 Å². The molecule has 8 heteroatoms. The first-order valence-electron chi connectivity index (χ1n) is 7.64. The maximum Gasteiger partial charge on any atom is 0.301 e. The number of fused-ring (bicyclic) bond motifs is 1. The molecule has 0 saturated heterocycles. The van der Waals surface area contributed by atoms with Crippen LogP contribution in [0.4, 0.5) is 0 Å². The van der Waals surface area contributed by atoms with Gasteiger partial charge in [-0.1, -0.05) is 48.5 Å². The van der Waals surface area contributed by atoms with E-state index in [-0.39, 0.29) is 0 Å². The van der Waals surface area contributed by atoms with Crippen LogP contribution in [0.5, 0.6) is 5.75 Å². The van der Waals surface area contributed by atoms with Crippen molar-refractivity contribution >= 4 is 31.5 Å². The summed E-state index contributed by atoms with van der Waals surface area (Å²) in [5.41, 5.74) is 2.12. The van der Waals surface area contributed by atoms with Gasteiger partial charge in [0.15, 0.2) is 10.3 Å². The van der Waals surface area contributed by atoms with Crippen LogP contribution in [0.3, 0.4) is 0 Å². The van der Waals surface area contributed by atoms with Gasteiger partial charge in [-0.25, -0.2) is 18.6 Å². The van der Waals surface area contributed by atoms with E-state index >= 15 is 0 Å². The summed E-state index contributed by atoms with van der Waals surface area (Å²) in [5.74, 6) is 0.367. The minimum atomic E-state index is -4.94.